The van der Waals surface area contributed by atoms with Crippen molar-refractivity contribution in [1.82, 2.24) is 15.6 Å². The molecule has 1 heterocycles. The van der Waals surface area contributed by atoms with Gasteiger partial charge in [-0.3, -0.25) is 0 Å². The maximum atomic E-state index is 4.58. The fourth-order valence-corrected chi connectivity index (χ4v) is 2.41. The van der Waals surface area contributed by atoms with Gasteiger partial charge in [-0.15, -0.1) is 11.3 Å². The van der Waals surface area contributed by atoms with Crippen LogP contribution in [0.5, 0.6) is 0 Å². The first-order valence-electron chi connectivity index (χ1n) is 7.05. The Labute approximate surface area is 120 Å². The highest BCUT2D eigenvalue weighted by Crippen LogP contribution is 2.12. The lowest BCUT2D eigenvalue weighted by atomic mass is 10.1. The Morgan fingerprint density at radius 2 is 2.21 bits per heavy atom. The van der Waals surface area contributed by atoms with Crippen molar-refractivity contribution in [3.05, 3.63) is 16.1 Å². The summed E-state index contributed by atoms with van der Waals surface area (Å²) in [7, 11) is 0. The van der Waals surface area contributed by atoms with Crippen LogP contribution in [0.3, 0.4) is 0 Å². The van der Waals surface area contributed by atoms with Crippen molar-refractivity contribution in [3.63, 3.8) is 0 Å². The average Bonchev–Trinajstić information content (AvgIpc) is 2.77. The summed E-state index contributed by atoms with van der Waals surface area (Å²) in [5.74, 6) is 1.67. The van der Waals surface area contributed by atoms with E-state index < -0.39 is 0 Å². The third-order valence-corrected chi connectivity index (χ3v) is 3.55. The predicted molar refractivity (Wildman–Crippen MR) is 83.7 cm³/mol. The zero-order valence-electron chi connectivity index (χ0n) is 12.5. The largest absolute Gasteiger partial charge is 0.357 e. The summed E-state index contributed by atoms with van der Waals surface area (Å²) in [6, 6.07) is 0. The third kappa shape index (κ3) is 7.15. The van der Waals surface area contributed by atoms with E-state index in [2.05, 4.69) is 41.4 Å². The van der Waals surface area contributed by atoms with E-state index in [1.54, 1.807) is 11.3 Å². The van der Waals surface area contributed by atoms with Gasteiger partial charge < -0.3 is 10.6 Å². The van der Waals surface area contributed by atoms with Crippen LogP contribution >= 0.6 is 11.3 Å². The molecule has 5 heteroatoms. The van der Waals surface area contributed by atoms with Gasteiger partial charge in [0.1, 0.15) is 0 Å². The molecule has 0 fully saturated rings. The Balaban J connectivity index is 2.37. The van der Waals surface area contributed by atoms with Gasteiger partial charge in [-0.1, -0.05) is 13.8 Å². The summed E-state index contributed by atoms with van der Waals surface area (Å²) in [6.07, 6.45) is 4.34. The van der Waals surface area contributed by atoms with Gasteiger partial charge in [0.05, 0.1) is 11.6 Å². The Bertz CT molecular complexity index is 385. The number of nitrogens with zero attached hydrogens (tertiary/aromatic N) is 2. The minimum absolute atomic E-state index is 0.699. The molecule has 0 saturated carbocycles. The molecule has 0 aliphatic heterocycles. The molecule has 0 bridgehead atoms. The molecule has 2 N–H and O–H groups in total. The third-order valence-electron chi connectivity index (χ3n) is 2.66. The molecular formula is C14H26N4S. The summed E-state index contributed by atoms with van der Waals surface area (Å²) >= 11 is 1.71. The maximum Gasteiger partial charge on any atom is 0.191 e. The topological polar surface area (TPSA) is 49.3 Å². The van der Waals surface area contributed by atoms with Gasteiger partial charge in [-0.25, -0.2) is 9.98 Å². The van der Waals surface area contributed by atoms with E-state index in [-0.39, 0.29) is 0 Å². The molecule has 0 atom stereocenters. The van der Waals surface area contributed by atoms with Crippen LogP contribution in [0.25, 0.3) is 0 Å². The van der Waals surface area contributed by atoms with Crippen molar-refractivity contribution in [2.45, 2.75) is 47.1 Å². The number of aryl methyl sites for hydroxylation is 1. The van der Waals surface area contributed by atoms with Gasteiger partial charge in [0, 0.05) is 24.2 Å². The predicted octanol–water partition coefficient (Wildman–Crippen LogP) is 2.94. The summed E-state index contributed by atoms with van der Waals surface area (Å²) in [6.45, 7) is 11.2. The molecule has 108 valence electrons. The van der Waals surface area contributed by atoms with E-state index >= 15 is 0 Å². The molecule has 1 aromatic rings. The minimum Gasteiger partial charge on any atom is -0.357 e. The molecule has 0 aliphatic rings. The number of rotatable bonds is 7. The second-order valence-corrected chi connectivity index (χ2v) is 6.32. The first-order chi connectivity index (χ1) is 9.11. The Kier molecular flexibility index (Phi) is 7.48. The summed E-state index contributed by atoms with van der Waals surface area (Å²) in [4.78, 5) is 10.0. The molecule has 1 aromatic heterocycles. The highest BCUT2D eigenvalue weighted by Gasteiger charge is 2.00. The maximum absolute atomic E-state index is 4.58. The van der Waals surface area contributed by atoms with Gasteiger partial charge in [-0.05, 0) is 32.6 Å². The molecule has 1 rings (SSSR count). The highest BCUT2D eigenvalue weighted by atomic mass is 32.1. The molecule has 0 amide bonds. The van der Waals surface area contributed by atoms with Crippen LogP contribution in [-0.4, -0.2) is 24.0 Å². The first kappa shape index (κ1) is 16.0. The molecule has 0 unspecified atom stereocenters. The van der Waals surface area contributed by atoms with Crippen LogP contribution in [0.1, 0.15) is 43.5 Å². The highest BCUT2D eigenvalue weighted by molar-refractivity contribution is 7.11. The van der Waals surface area contributed by atoms with Crippen molar-refractivity contribution >= 4 is 17.3 Å². The van der Waals surface area contributed by atoms with Gasteiger partial charge in [0.2, 0.25) is 0 Å². The van der Waals surface area contributed by atoms with Gasteiger partial charge in [-0.2, -0.15) is 0 Å². The number of thiazole rings is 1. The van der Waals surface area contributed by atoms with E-state index in [9.17, 15) is 0 Å². The number of hydrogen-bond acceptors (Lipinski definition) is 3. The van der Waals surface area contributed by atoms with Crippen molar-refractivity contribution in [1.29, 1.82) is 0 Å². The van der Waals surface area contributed by atoms with Gasteiger partial charge >= 0.3 is 0 Å². The number of nitrogens with one attached hydrogen (secondary N) is 2. The molecule has 0 radical (unpaired) electrons. The van der Waals surface area contributed by atoms with Crippen LogP contribution in [0.4, 0.5) is 0 Å². The van der Waals surface area contributed by atoms with Crippen LogP contribution < -0.4 is 10.6 Å². The molecule has 19 heavy (non-hydrogen) atoms. The van der Waals surface area contributed by atoms with E-state index in [0.29, 0.717) is 6.54 Å². The Morgan fingerprint density at radius 3 is 2.79 bits per heavy atom. The van der Waals surface area contributed by atoms with Crippen molar-refractivity contribution in [2.24, 2.45) is 10.9 Å². The average molecular weight is 282 g/mol. The molecule has 0 saturated heterocycles. The Morgan fingerprint density at radius 1 is 1.42 bits per heavy atom. The van der Waals surface area contributed by atoms with E-state index in [0.717, 1.165) is 30.0 Å². The zero-order valence-corrected chi connectivity index (χ0v) is 13.3. The minimum atomic E-state index is 0.699. The summed E-state index contributed by atoms with van der Waals surface area (Å²) in [5, 5.41) is 7.74. The van der Waals surface area contributed by atoms with Gasteiger partial charge in [0.25, 0.3) is 0 Å². The lowest BCUT2D eigenvalue weighted by Gasteiger charge is -2.11. The van der Waals surface area contributed by atoms with Crippen LogP contribution in [0, 0.1) is 12.8 Å². The van der Waals surface area contributed by atoms with Crippen molar-refractivity contribution in [3.8, 4) is 0 Å². The van der Waals surface area contributed by atoms with Crippen LogP contribution in [-0.2, 0) is 6.54 Å². The van der Waals surface area contributed by atoms with Gasteiger partial charge in [0.15, 0.2) is 5.96 Å². The van der Waals surface area contributed by atoms with Crippen LogP contribution in [0.15, 0.2) is 11.2 Å². The van der Waals surface area contributed by atoms with Crippen molar-refractivity contribution < 1.29 is 0 Å². The second kappa shape index (κ2) is 8.91. The standard InChI is InChI=1S/C14H26N4S/c1-5-15-14(16-8-6-7-11(2)3)18-10-13-9-17-12(4)19-13/h9,11H,5-8,10H2,1-4H3,(H2,15,16,18). The smallest absolute Gasteiger partial charge is 0.191 e. The first-order valence-corrected chi connectivity index (χ1v) is 7.87. The fraction of sp³-hybridized carbons (Fsp3) is 0.714. The lowest BCUT2D eigenvalue weighted by molar-refractivity contribution is 0.549. The molecule has 0 aromatic carbocycles. The normalized spacial score (nSPS) is 11.9. The zero-order chi connectivity index (χ0) is 14.1. The van der Waals surface area contributed by atoms with Crippen molar-refractivity contribution in [2.75, 3.05) is 13.1 Å². The number of hydrogen-bond donors (Lipinski definition) is 2. The monoisotopic (exact) mass is 282 g/mol. The van der Waals surface area contributed by atoms with E-state index in [4.69, 9.17) is 0 Å². The number of aliphatic imine (C=N–C) groups is 1. The van der Waals surface area contributed by atoms with E-state index in [1.807, 2.05) is 13.1 Å². The molecule has 0 aliphatic carbocycles. The lowest BCUT2D eigenvalue weighted by Crippen LogP contribution is -2.37. The SMILES string of the molecule is CCNC(=NCc1cnc(C)s1)NCCCC(C)C. The summed E-state index contributed by atoms with van der Waals surface area (Å²) < 4.78 is 0. The second-order valence-electron chi connectivity index (χ2n) is 5.00. The van der Waals surface area contributed by atoms with E-state index in [1.165, 1.54) is 17.7 Å². The van der Waals surface area contributed by atoms with Crippen LogP contribution in [0.2, 0.25) is 0 Å². The number of guanidine groups is 1. The molecule has 0 spiro atoms. The summed E-state index contributed by atoms with van der Waals surface area (Å²) in [5.41, 5.74) is 0. The molecular weight excluding hydrogens is 256 g/mol. The quantitative estimate of drug-likeness (QED) is 0.459. The fourth-order valence-electron chi connectivity index (χ4n) is 1.69. The molecule has 4 nitrogen and oxygen atoms in total. The number of aromatic nitrogens is 1. The Hall–Kier alpha value is -1.10.